The number of aliphatic imine (C=N–C) groups is 1. The lowest BCUT2D eigenvalue weighted by Gasteiger charge is -2.19. The van der Waals surface area contributed by atoms with Gasteiger partial charge in [0.25, 0.3) is 0 Å². The summed E-state index contributed by atoms with van der Waals surface area (Å²) in [5.74, 6) is 0.684. The molecule has 0 spiro atoms. The van der Waals surface area contributed by atoms with Crippen molar-refractivity contribution in [2.24, 2.45) is 10.7 Å². The van der Waals surface area contributed by atoms with Crippen LogP contribution in [-0.4, -0.2) is 43.8 Å². The molecule has 0 aliphatic carbocycles. The number of hydrogen-bond donors (Lipinski definition) is 1. The summed E-state index contributed by atoms with van der Waals surface area (Å²) in [4.78, 5) is 6.17. The number of nitrogens with zero attached hydrogens (tertiary/aromatic N) is 2. The molecule has 1 rings (SSSR count). The summed E-state index contributed by atoms with van der Waals surface area (Å²) in [6.07, 6.45) is -4.40. The zero-order chi connectivity index (χ0) is 17.5. The Labute approximate surface area is 133 Å². The van der Waals surface area contributed by atoms with E-state index in [1.807, 2.05) is 18.7 Å². The Bertz CT molecular complexity index is 529. The van der Waals surface area contributed by atoms with Gasteiger partial charge >= 0.3 is 6.18 Å². The standard InChI is InChI=1S/C15H22F3N3O2/c1-4-21(5-2)14(19)20-9-11-6-7-12(13(8-11)22-3)23-10-15(16,17)18/h6-8H,4-5,9-10H2,1-3H3,(H2,19,20). The fourth-order valence-corrected chi connectivity index (χ4v) is 1.91. The molecule has 0 aromatic heterocycles. The highest BCUT2D eigenvalue weighted by molar-refractivity contribution is 5.78. The van der Waals surface area contributed by atoms with Crippen LogP contribution >= 0.6 is 0 Å². The Morgan fingerprint density at radius 1 is 1.22 bits per heavy atom. The van der Waals surface area contributed by atoms with Gasteiger partial charge in [-0.2, -0.15) is 13.2 Å². The van der Waals surface area contributed by atoms with Crippen LogP contribution in [0.3, 0.4) is 0 Å². The molecule has 5 nitrogen and oxygen atoms in total. The minimum absolute atomic E-state index is 0.0364. The van der Waals surface area contributed by atoms with E-state index in [0.717, 1.165) is 18.7 Å². The van der Waals surface area contributed by atoms with Gasteiger partial charge < -0.3 is 20.1 Å². The lowest BCUT2D eigenvalue weighted by atomic mass is 10.2. The first-order valence-electron chi connectivity index (χ1n) is 7.22. The fourth-order valence-electron chi connectivity index (χ4n) is 1.91. The zero-order valence-electron chi connectivity index (χ0n) is 13.5. The number of rotatable bonds is 7. The van der Waals surface area contributed by atoms with E-state index in [2.05, 4.69) is 4.99 Å². The molecule has 130 valence electrons. The topological polar surface area (TPSA) is 60.1 Å². The van der Waals surface area contributed by atoms with Gasteiger partial charge in [-0.15, -0.1) is 0 Å². The number of methoxy groups -OCH3 is 1. The van der Waals surface area contributed by atoms with Crippen molar-refractivity contribution >= 4 is 5.96 Å². The highest BCUT2D eigenvalue weighted by atomic mass is 19.4. The van der Waals surface area contributed by atoms with Crippen LogP contribution < -0.4 is 15.2 Å². The van der Waals surface area contributed by atoms with Gasteiger partial charge in [0.15, 0.2) is 24.1 Å². The number of hydrogen-bond acceptors (Lipinski definition) is 3. The van der Waals surface area contributed by atoms with E-state index >= 15 is 0 Å². The van der Waals surface area contributed by atoms with Gasteiger partial charge in [0, 0.05) is 13.1 Å². The zero-order valence-corrected chi connectivity index (χ0v) is 13.5. The number of alkyl halides is 3. The number of nitrogens with two attached hydrogens (primary N) is 1. The predicted octanol–water partition coefficient (Wildman–Crippen LogP) is 2.79. The van der Waals surface area contributed by atoms with Crippen molar-refractivity contribution in [3.05, 3.63) is 23.8 Å². The van der Waals surface area contributed by atoms with E-state index in [4.69, 9.17) is 15.2 Å². The van der Waals surface area contributed by atoms with Crippen LogP contribution in [0, 0.1) is 0 Å². The van der Waals surface area contributed by atoms with Crippen LogP contribution in [0.5, 0.6) is 11.5 Å². The summed E-state index contributed by atoms with van der Waals surface area (Å²) in [5.41, 5.74) is 6.64. The Balaban J connectivity index is 2.81. The number of guanidine groups is 1. The van der Waals surface area contributed by atoms with E-state index in [-0.39, 0.29) is 11.5 Å². The Hall–Kier alpha value is -2.12. The molecule has 8 heteroatoms. The fraction of sp³-hybridized carbons (Fsp3) is 0.533. The van der Waals surface area contributed by atoms with E-state index in [0.29, 0.717) is 12.5 Å². The second kappa shape index (κ2) is 8.50. The van der Waals surface area contributed by atoms with Gasteiger partial charge in [-0.1, -0.05) is 6.07 Å². The van der Waals surface area contributed by atoms with Crippen molar-refractivity contribution in [3.63, 3.8) is 0 Å². The van der Waals surface area contributed by atoms with Gasteiger partial charge in [0.2, 0.25) is 0 Å². The maximum atomic E-state index is 12.2. The van der Waals surface area contributed by atoms with Gasteiger partial charge in [-0.3, -0.25) is 0 Å². The average molecular weight is 333 g/mol. The van der Waals surface area contributed by atoms with Crippen LogP contribution in [0.25, 0.3) is 0 Å². The van der Waals surface area contributed by atoms with Gasteiger partial charge in [0.1, 0.15) is 0 Å². The molecule has 1 aromatic carbocycles. The maximum absolute atomic E-state index is 12.2. The average Bonchev–Trinajstić information content (AvgIpc) is 2.51. The quantitative estimate of drug-likeness (QED) is 0.616. The van der Waals surface area contributed by atoms with E-state index < -0.39 is 12.8 Å². The van der Waals surface area contributed by atoms with Crippen molar-refractivity contribution in [1.82, 2.24) is 4.90 Å². The molecular formula is C15H22F3N3O2. The molecule has 0 atom stereocenters. The number of ether oxygens (including phenoxy) is 2. The van der Waals surface area contributed by atoms with E-state index in [9.17, 15) is 13.2 Å². The summed E-state index contributed by atoms with van der Waals surface area (Å²) < 4.78 is 46.4. The van der Waals surface area contributed by atoms with Crippen LogP contribution in [0.2, 0.25) is 0 Å². The summed E-state index contributed by atoms with van der Waals surface area (Å²) in [5, 5.41) is 0. The Morgan fingerprint density at radius 2 is 1.87 bits per heavy atom. The SMILES string of the molecule is CCN(CC)C(N)=NCc1ccc(OCC(F)(F)F)c(OC)c1. The van der Waals surface area contributed by atoms with Gasteiger partial charge in [-0.05, 0) is 31.5 Å². The molecule has 2 N–H and O–H groups in total. The monoisotopic (exact) mass is 333 g/mol. The Morgan fingerprint density at radius 3 is 2.39 bits per heavy atom. The van der Waals surface area contributed by atoms with Crippen LogP contribution in [0.4, 0.5) is 13.2 Å². The number of benzene rings is 1. The maximum Gasteiger partial charge on any atom is 0.422 e. The molecule has 0 fully saturated rings. The lowest BCUT2D eigenvalue weighted by molar-refractivity contribution is -0.153. The molecule has 0 heterocycles. The third kappa shape index (κ3) is 6.25. The van der Waals surface area contributed by atoms with Crippen LogP contribution in [-0.2, 0) is 6.54 Å². The summed E-state index contributed by atoms with van der Waals surface area (Å²) in [6, 6.07) is 4.65. The third-order valence-corrected chi connectivity index (χ3v) is 3.13. The van der Waals surface area contributed by atoms with Gasteiger partial charge in [0.05, 0.1) is 13.7 Å². The second-order valence-corrected chi connectivity index (χ2v) is 4.74. The highest BCUT2D eigenvalue weighted by Crippen LogP contribution is 2.30. The van der Waals surface area contributed by atoms with Crippen molar-refractivity contribution < 1.29 is 22.6 Å². The molecule has 23 heavy (non-hydrogen) atoms. The molecule has 0 saturated heterocycles. The third-order valence-electron chi connectivity index (χ3n) is 3.13. The van der Waals surface area contributed by atoms with Crippen molar-refractivity contribution in [3.8, 4) is 11.5 Å². The molecule has 0 unspecified atom stereocenters. The van der Waals surface area contributed by atoms with E-state index in [1.165, 1.54) is 13.2 Å². The molecule has 0 bridgehead atoms. The number of halogens is 3. The minimum atomic E-state index is -4.40. The van der Waals surface area contributed by atoms with Crippen molar-refractivity contribution in [2.45, 2.75) is 26.6 Å². The summed E-state index contributed by atoms with van der Waals surface area (Å²) >= 11 is 0. The second-order valence-electron chi connectivity index (χ2n) is 4.74. The summed E-state index contributed by atoms with van der Waals surface area (Å²) in [7, 11) is 1.37. The molecule has 1 aromatic rings. The highest BCUT2D eigenvalue weighted by Gasteiger charge is 2.29. The smallest absolute Gasteiger partial charge is 0.422 e. The molecule has 0 radical (unpaired) electrons. The van der Waals surface area contributed by atoms with E-state index in [1.54, 1.807) is 12.1 Å². The molecule has 0 aliphatic heterocycles. The molecule has 0 aliphatic rings. The molecular weight excluding hydrogens is 311 g/mol. The lowest BCUT2D eigenvalue weighted by Crippen LogP contribution is -2.37. The first-order valence-corrected chi connectivity index (χ1v) is 7.22. The minimum Gasteiger partial charge on any atom is -0.493 e. The predicted molar refractivity (Wildman–Crippen MR) is 82.8 cm³/mol. The first kappa shape index (κ1) is 18.9. The largest absolute Gasteiger partial charge is 0.493 e. The molecule has 0 saturated carbocycles. The van der Waals surface area contributed by atoms with Crippen LogP contribution in [0.1, 0.15) is 19.4 Å². The summed E-state index contributed by atoms with van der Waals surface area (Å²) in [6.45, 7) is 4.39. The molecule has 0 amide bonds. The Kier molecular flexibility index (Phi) is 6.99. The van der Waals surface area contributed by atoms with Gasteiger partial charge in [-0.25, -0.2) is 4.99 Å². The first-order chi connectivity index (χ1) is 10.8. The van der Waals surface area contributed by atoms with Crippen molar-refractivity contribution in [1.29, 1.82) is 0 Å². The normalized spacial score (nSPS) is 12.2. The van der Waals surface area contributed by atoms with Crippen LogP contribution in [0.15, 0.2) is 23.2 Å². The van der Waals surface area contributed by atoms with Crippen molar-refractivity contribution in [2.75, 3.05) is 26.8 Å².